The van der Waals surface area contributed by atoms with Crippen LogP contribution in [0, 0.1) is 6.92 Å². The van der Waals surface area contributed by atoms with E-state index in [0.717, 1.165) is 38.5 Å². The van der Waals surface area contributed by atoms with E-state index in [0.29, 0.717) is 24.3 Å². The summed E-state index contributed by atoms with van der Waals surface area (Å²) in [6.45, 7) is 2.04. The van der Waals surface area contributed by atoms with E-state index >= 15 is 0 Å². The molecular formula is C30H29N3O5S2. The number of amides is 2. The average Bonchev–Trinajstić information content (AvgIpc) is 3.69. The third-order valence-electron chi connectivity index (χ3n) is 7.67. The van der Waals surface area contributed by atoms with Gasteiger partial charge in [-0.15, -0.1) is 11.3 Å². The number of thiazole rings is 1. The van der Waals surface area contributed by atoms with Gasteiger partial charge in [-0.2, -0.15) is 4.31 Å². The molecule has 1 saturated carbocycles. The molecule has 2 amide bonds. The molecule has 0 bridgehead atoms. The SMILES string of the molecule is COc1ccc(S(=O)(=O)N(C2CCCC2)C2CC(=O)N(c3ccc(-c4nc5ccc(C)cc5s4)cc3)C2=O)cc1. The Morgan fingerprint density at radius 3 is 2.35 bits per heavy atom. The summed E-state index contributed by atoms with van der Waals surface area (Å²) in [5.74, 6) is -0.391. The number of fused-ring (bicyclic) bond motifs is 1. The molecule has 1 aromatic heterocycles. The highest BCUT2D eigenvalue weighted by Crippen LogP contribution is 2.37. The van der Waals surface area contributed by atoms with E-state index in [-0.39, 0.29) is 17.4 Å². The highest BCUT2D eigenvalue weighted by Gasteiger charge is 2.49. The lowest BCUT2D eigenvalue weighted by Gasteiger charge is -2.32. The Balaban J connectivity index is 1.30. The van der Waals surface area contributed by atoms with Gasteiger partial charge in [0.1, 0.15) is 16.8 Å². The van der Waals surface area contributed by atoms with Gasteiger partial charge in [0.2, 0.25) is 15.9 Å². The Kier molecular flexibility index (Phi) is 6.93. The number of benzene rings is 3. The minimum atomic E-state index is -4.04. The number of carbonyl (C=O) groups is 2. The average molecular weight is 576 g/mol. The monoisotopic (exact) mass is 575 g/mol. The Bertz CT molecular complexity index is 1690. The number of nitrogens with zero attached hydrogens (tertiary/aromatic N) is 3. The van der Waals surface area contributed by atoms with Crippen LogP contribution in [0.25, 0.3) is 20.8 Å². The summed E-state index contributed by atoms with van der Waals surface area (Å²) < 4.78 is 35.4. The van der Waals surface area contributed by atoms with Gasteiger partial charge in [-0.05, 0) is 86.0 Å². The van der Waals surface area contributed by atoms with Crippen molar-refractivity contribution in [3.63, 3.8) is 0 Å². The van der Waals surface area contributed by atoms with Gasteiger partial charge in [0.05, 0.1) is 34.3 Å². The smallest absolute Gasteiger partial charge is 0.252 e. The van der Waals surface area contributed by atoms with Crippen LogP contribution in [0.5, 0.6) is 5.75 Å². The van der Waals surface area contributed by atoms with Crippen molar-refractivity contribution in [2.75, 3.05) is 12.0 Å². The lowest BCUT2D eigenvalue weighted by Crippen LogP contribution is -2.49. The quantitative estimate of drug-likeness (QED) is 0.268. The minimum Gasteiger partial charge on any atom is -0.497 e. The van der Waals surface area contributed by atoms with Crippen LogP contribution in [-0.4, -0.2) is 48.7 Å². The van der Waals surface area contributed by atoms with Gasteiger partial charge >= 0.3 is 0 Å². The van der Waals surface area contributed by atoms with E-state index in [4.69, 9.17) is 9.72 Å². The van der Waals surface area contributed by atoms with E-state index in [1.54, 1.807) is 35.6 Å². The minimum absolute atomic E-state index is 0.0780. The molecule has 2 aliphatic rings. The fraction of sp³-hybridized carbons (Fsp3) is 0.300. The zero-order valence-electron chi connectivity index (χ0n) is 22.2. The highest BCUT2D eigenvalue weighted by atomic mass is 32.2. The van der Waals surface area contributed by atoms with Crippen LogP contribution < -0.4 is 9.64 Å². The van der Waals surface area contributed by atoms with Crippen molar-refractivity contribution < 1.29 is 22.7 Å². The molecule has 0 radical (unpaired) electrons. The summed E-state index contributed by atoms with van der Waals surface area (Å²) in [7, 11) is -2.53. The lowest BCUT2D eigenvalue weighted by molar-refractivity contribution is -0.122. The number of aromatic nitrogens is 1. The first-order valence-corrected chi connectivity index (χ1v) is 15.5. The van der Waals surface area contributed by atoms with E-state index in [1.165, 1.54) is 29.1 Å². The number of rotatable bonds is 7. The first-order valence-electron chi connectivity index (χ1n) is 13.3. The number of hydrogen-bond acceptors (Lipinski definition) is 7. The second-order valence-corrected chi connectivity index (χ2v) is 13.1. The summed E-state index contributed by atoms with van der Waals surface area (Å²) >= 11 is 1.59. The number of carbonyl (C=O) groups excluding carboxylic acids is 2. The number of anilines is 1. The molecule has 1 atom stereocenters. The van der Waals surface area contributed by atoms with Gasteiger partial charge < -0.3 is 4.74 Å². The van der Waals surface area contributed by atoms with Crippen LogP contribution in [0.2, 0.25) is 0 Å². The maximum absolute atomic E-state index is 13.9. The zero-order chi connectivity index (χ0) is 28.0. The second kappa shape index (κ2) is 10.4. The number of ether oxygens (including phenoxy) is 1. The first-order chi connectivity index (χ1) is 19.3. The molecule has 40 heavy (non-hydrogen) atoms. The molecule has 1 unspecified atom stereocenters. The third kappa shape index (κ3) is 4.70. The van der Waals surface area contributed by atoms with Gasteiger partial charge in [-0.1, -0.05) is 18.9 Å². The van der Waals surface area contributed by atoms with Crippen LogP contribution in [0.1, 0.15) is 37.7 Å². The molecule has 1 saturated heterocycles. The first kappa shape index (κ1) is 26.6. The highest BCUT2D eigenvalue weighted by molar-refractivity contribution is 7.89. The van der Waals surface area contributed by atoms with Crippen molar-refractivity contribution in [3.8, 4) is 16.3 Å². The molecule has 206 valence electrons. The molecular weight excluding hydrogens is 546 g/mol. The molecule has 0 N–H and O–H groups in total. The molecule has 2 heterocycles. The third-order valence-corrected chi connectivity index (χ3v) is 10.7. The van der Waals surface area contributed by atoms with Crippen molar-refractivity contribution in [2.24, 2.45) is 0 Å². The van der Waals surface area contributed by atoms with Crippen molar-refractivity contribution >= 4 is 49.1 Å². The Morgan fingerprint density at radius 1 is 0.975 bits per heavy atom. The van der Waals surface area contributed by atoms with Crippen molar-refractivity contribution in [1.29, 1.82) is 0 Å². The summed E-state index contributed by atoms with van der Waals surface area (Å²) in [6.07, 6.45) is 2.88. The van der Waals surface area contributed by atoms with Crippen LogP contribution in [0.4, 0.5) is 5.69 Å². The van der Waals surface area contributed by atoms with Crippen molar-refractivity contribution in [1.82, 2.24) is 9.29 Å². The van der Waals surface area contributed by atoms with E-state index < -0.39 is 27.9 Å². The van der Waals surface area contributed by atoms with E-state index in [2.05, 4.69) is 6.07 Å². The lowest BCUT2D eigenvalue weighted by atomic mass is 10.1. The fourth-order valence-corrected chi connectivity index (χ4v) is 8.54. The molecule has 0 spiro atoms. The van der Waals surface area contributed by atoms with Crippen LogP contribution in [0.3, 0.4) is 0 Å². The Morgan fingerprint density at radius 2 is 1.68 bits per heavy atom. The maximum Gasteiger partial charge on any atom is 0.252 e. The van der Waals surface area contributed by atoms with E-state index in [9.17, 15) is 18.0 Å². The summed E-state index contributed by atoms with van der Waals surface area (Å²) in [5, 5.41) is 0.849. The molecule has 3 aromatic carbocycles. The number of methoxy groups -OCH3 is 1. The van der Waals surface area contributed by atoms with Gasteiger partial charge in [-0.3, -0.25) is 9.59 Å². The van der Waals surface area contributed by atoms with Gasteiger partial charge in [0.15, 0.2) is 0 Å². The molecule has 10 heteroatoms. The Labute approximate surface area is 237 Å². The molecule has 1 aliphatic carbocycles. The summed E-state index contributed by atoms with van der Waals surface area (Å²) in [6, 6.07) is 18.0. The van der Waals surface area contributed by atoms with Crippen LogP contribution in [0.15, 0.2) is 71.6 Å². The summed E-state index contributed by atoms with van der Waals surface area (Å²) in [5.41, 5.74) is 3.39. The number of imide groups is 1. The topological polar surface area (TPSA) is 96.9 Å². The number of sulfonamides is 1. The predicted octanol–water partition coefficient (Wildman–Crippen LogP) is 5.55. The van der Waals surface area contributed by atoms with Crippen LogP contribution in [-0.2, 0) is 19.6 Å². The molecule has 1 aliphatic heterocycles. The standard InChI is InChI=1S/C30H29N3O5S2/c1-19-7-16-25-27(17-19)39-29(31-25)20-8-10-21(11-9-20)32-28(34)18-26(30(32)35)33(22-5-3-4-6-22)40(36,37)24-14-12-23(38-2)13-15-24/h7-17,22,26H,3-6,18H2,1-2H3. The molecule has 6 rings (SSSR count). The predicted molar refractivity (Wildman–Crippen MR) is 155 cm³/mol. The molecule has 2 fully saturated rings. The summed E-state index contributed by atoms with van der Waals surface area (Å²) in [4.78, 5) is 32.9. The normalized spacial score (nSPS) is 18.4. The van der Waals surface area contributed by atoms with Crippen molar-refractivity contribution in [3.05, 3.63) is 72.3 Å². The van der Waals surface area contributed by atoms with Gasteiger partial charge in [-0.25, -0.2) is 18.3 Å². The largest absolute Gasteiger partial charge is 0.497 e. The van der Waals surface area contributed by atoms with Crippen molar-refractivity contribution in [2.45, 2.75) is 56.0 Å². The number of aryl methyl sites for hydroxylation is 1. The fourth-order valence-electron chi connectivity index (χ4n) is 5.64. The maximum atomic E-state index is 13.9. The Hall–Kier alpha value is -3.60. The van der Waals surface area contributed by atoms with Gasteiger partial charge in [0, 0.05) is 11.6 Å². The van der Waals surface area contributed by atoms with E-state index in [1.807, 2.05) is 31.2 Å². The van der Waals surface area contributed by atoms with Crippen LogP contribution >= 0.6 is 11.3 Å². The molecule has 8 nitrogen and oxygen atoms in total. The molecule has 4 aromatic rings. The number of hydrogen-bond donors (Lipinski definition) is 0. The second-order valence-electron chi connectivity index (χ2n) is 10.3. The zero-order valence-corrected chi connectivity index (χ0v) is 23.9. The van der Waals surface area contributed by atoms with Gasteiger partial charge in [0.25, 0.3) is 5.91 Å².